The Kier molecular flexibility index (Phi) is 5.84. The molecule has 0 aliphatic carbocycles. The molecule has 7 nitrogen and oxygen atoms in total. The molecule has 0 unspecified atom stereocenters. The minimum Gasteiger partial charge on any atom is -0.480 e. The summed E-state index contributed by atoms with van der Waals surface area (Å²) in [4.78, 5) is 32.1. The molecule has 0 aromatic rings. The maximum atomic E-state index is 10.7. The molecular formula is C8H13NO6. The van der Waals surface area contributed by atoms with Gasteiger partial charge >= 0.3 is 18.0 Å². The molecule has 0 bridgehead atoms. The number of nitrogens with one attached hydrogen (secondary N) is 1. The monoisotopic (exact) mass is 219 g/mol. The summed E-state index contributed by atoms with van der Waals surface area (Å²) in [5.41, 5.74) is 0. The van der Waals surface area contributed by atoms with Crippen LogP contribution in [-0.2, 0) is 19.1 Å². The molecule has 0 aliphatic heterocycles. The highest BCUT2D eigenvalue weighted by Crippen LogP contribution is 1.99. The largest absolute Gasteiger partial charge is 0.480 e. The molecule has 0 heterocycles. The molecule has 15 heavy (non-hydrogen) atoms. The first kappa shape index (κ1) is 13.2. The Hall–Kier alpha value is -1.79. The Bertz CT molecular complexity index is 252. The highest BCUT2D eigenvalue weighted by Gasteiger charge is 2.21. The molecule has 0 fully saturated rings. The van der Waals surface area contributed by atoms with Crippen molar-refractivity contribution < 1.29 is 29.0 Å². The van der Waals surface area contributed by atoms with Gasteiger partial charge in [-0.25, -0.2) is 9.59 Å². The van der Waals surface area contributed by atoms with Gasteiger partial charge in [-0.3, -0.25) is 4.79 Å². The van der Waals surface area contributed by atoms with Crippen molar-refractivity contribution >= 4 is 18.0 Å². The van der Waals surface area contributed by atoms with E-state index in [1.807, 2.05) is 0 Å². The van der Waals surface area contributed by atoms with Gasteiger partial charge in [0.05, 0.1) is 14.2 Å². The predicted octanol–water partition coefficient (Wildman–Crippen LogP) is -0.251. The maximum absolute atomic E-state index is 10.7. The number of carbonyl (C=O) groups is 3. The summed E-state index contributed by atoms with van der Waals surface area (Å²) in [5, 5.41) is 10.8. The van der Waals surface area contributed by atoms with Gasteiger partial charge in [0.1, 0.15) is 6.04 Å². The van der Waals surface area contributed by atoms with Gasteiger partial charge in [0.25, 0.3) is 0 Å². The van der Waals surface area contributed by atoms with Crippen LogP contribution in [0, 0.1) is 0 Å². The number of alkyl carbamates (subject to hydrolysis) is 1. The van der Waals surface area contributed by atoms with Gasteiger partial charge in [-0.15, -0.1) is 0 Å². The average Bonchev–Trinajstić information content (AvgIpc) is 2.22. The third-order valence-electron chi connectivity index (χ3n) is 1.64. The summed E-state index contributed by atoms with van der Waals surface area (Å²) in [5.74, 6) is -1.77. The van der Waals surface area contributed by atoms with Gasteiger partial charge in [-0.2, -0.15) is 0 Å². The van der Waals surface area contributed by atoms with Crippen molar-refractivity contribution in [2.24, 2.45) is 0 Å². The van der Waals surface area contributed by atoms with Gasteiger partial charge < -0.3 is 19.9 Å². The Balaban J connectivity index is 4.11. The van der Waals surface area contributed by atoms with Crippen molar-refractivity contribution in [1.29, 1.82) is 0 Å². The normalized spacial score (nSPS) is 11.3. The van der Waals surface area contributed by atoms with Crippen LogP contribution in [0.5, 0.6) is 0 Å². The quantitative estimate of drug-likeness (QED) is 0.618. The summed E-state index contributed by atoms with van der Waals surface area (Å²) in [6.07, 6.45) is -0.985. The van der Waals surface area contributed by atoms with Gasteiger partial charge in [-0.1, -0.05) is 0 Å². The van der Waals surface area contributed by atoms with Crippen LogP contribution in [0.4, 0.5) is 4.79 Å². The Labute approximate surface area is 86.3 Å². The fraction of sp³-hybridized carbons (Fsp3) is 0.625. The summed E-state index contributed by atoms with van der Waals surface area (Å²) >= 11 is 0. The van der Waals surface area contributed by atoms with Crippen LogP contribution in [-0.4, -0.2) is 43.4 Å². The van der Waals surface area contributed by atoms with Crippen LogP contribution in [0.2, 0.25) is 0 Å². The van der Waals surface area contributed by atoms with Crippen molar-refractivity contribution in [2.45, 2.75) is 18.9 Å². The summed E-state index contributed by atoms with van der Waals surface area (Å²) < 4.78 is 8.57. The maximum Gasteiger partial charge on any atom is 0.407 e. The third-order valence-corrected chi connectivity index (χ3v) is 1.64. The lowest BCUT2D eigenvalue weighted by Gasteiger charge is -2.12. The van der Waals surface area contributed by atoms with E-state index < -0.39 is 24.1 Å². The number of hydrogen-bond donors (Lipinski definition) is 2. The van der Waals surface area contributed by atoms with Crippen LogP contribution in [0.1, 0.15) is 12.8 Å². The number of aliphatic carboxylic acids is 1. The second-order valence-electron chi connectivity index (χ2n) is 2.64. The van der Waals surface area contributed by atoms with E-state index in [2.05, 4.69) is 14.8 Å². The minimum atomic E-state index is -1.23. The molecule has 2 N–H and O–H groups in total. The van der Waals surface area contributed by atoms with Crippen molar-refractivity contribution in [3.05, 3.63) is 0 Å². The van der Waals surface area contributed by atoms with E-state index in [0.29, 0.717) is 0 Å². The first-order chi connectivity index (χ1) is 7.01. The lowest BCUT2D eigenvalue weighted by Crippen LogP contribution is -2.41. The van der Waals surface area contributed by atoms with Crippen LogP contribution in [0.15, 0.2) is 0 Å². The predicted molar refractivity (Wildman–Crippen MR) is 48.2 cm³/mol. The number of amides is 1. The summed E-state index contributed by atoms with van der Waals surface area (Å²) in [6.45, 7) is 0. The van der Waals surface area contributed by atoms with Crippen molar-refractivity contribution in [2.75, 3.05) is 14.2 Å². The molecule has 0 aromatic carbocycles. The van der Waals surface area contributed by atoms with Gasteiger partial charge in [0, 0.05) is 6.42 Å². The summed E-state index contributed by atoms with van der Waals surface area (Å²) in [6, 6.07) is -1.16. The molecule has 0 saturated carbocycles. The highest BCUT2D eigenvalue weighted by molar-refractivity contribution is 5.80. The first-order valence-corrected chi connectivity index (χ1v) is 4.15. The van der Waals surface area contributed by atoms with Crippen molar-refractivity contribution in [3.8, 4) is 0 Å². The van der Waals surface area contributed by atoms with E-state index in [-0.39, 0.29) is 12.8 Å². The molecule has 0 radical (unpaired) electrons. The number of carbonyl (C=O) groups excluding carboxylic acids is 2. The number of ether oxygens (including phenoxy) is 2. The number of methoxy groups -OCH3 is 2. The average molecular weight is 219 g/mol. The number of carboxylic acids is 1. The molecule has 0 aliphatic rings. The Morgan fingerprint density at radius 1 is 1.27 bits per heavy atom. The zero-order chi connectivity index (χ0) is 11.8. The molecule has 1 amide bonds. The molecule has 0 saturated heterocycles. The molecule has 0 spiro atoms. The Morgan fingerprint density at radius 3 is 2.27 bits per heavy atom. The SMILES string of the molecule is COC(=O)CC[C@H](NC(=O)OC)C(=O)O. The van der Waals surface area contributed by atoms with E-state index in [9.17, 15) is 14.4 Å². The van der Waals surface area contributed by atoms with E-state index in [4.69, 9.17) is 5.11 Å². The fourth-order valence-electron chi connectivity index (χ4n) is 0.823. The summed E-state index contributed by atoms with van der Waals surface area (Å²) in [7, 11) is 2.32. The number of esters is 1. The lowest BCUT2D eigenvalue weighted by molar-refractivity contribution is -0.142. The molecule has 7 heteroatoms. The van der Waals surface area contributed by atoms with E-state index in [1.165, 1.54) is 7.11 Å². The zero-order valence-corrected chi connectivity index (χ0v) is 8.48. The molecular weight excluding hydrogens is 206 g/mol. The minimum absolute atomic E-state index is 0.0445. The van der Waals surface area contributed by atoms with Crippen LogP contribution in [0.25, 0.3) is 0 Å². The molecule has 0 rings (SSSR count). The lowest BCUT2D eigenvalue weighted by atomic mass is 10.1. The molecule has 86 valence electrons. The van der Waals surface area contributed by atoms with Crippen LogP contribution >= 0.6 is 0 Å². The molecule has 1 atom stereocenters. The first-order valence-electron chi connectivity index (χ1n) is 4.15. The van der Waals surface area contributed by atoms with E-state index in [1.54, 1.807) is 0 Å². The van der Waals surface area contributed by atoms with E-state index in [0.717, 1.165) is 7.11 Å². The topological polar surface area (TPSA) is 102 Å². The molecule has 0 aromatic heterocycles. The second-order valence-corrected chi connectivity index (χ2v) is 2.64. The number of carboxylic acid groups (broad SMARTS) is 1. The second kappa shape index (κ2) is 6.63. The fourth-order valence-corrected chi connectivity index (χ4v) is 0.823. The zero-order valence-electron chi connectivity index (χ0n) is 8.48. The Morgan fingerprint density at radius 2 is 1.87 bits per heavy atom. The van der Waals surface area contributed by atoms with E-state index >= 15 is 0 Å². The standard InChI is InChI=1S/C8H13NO6/c1-14-6(10)4-3-5(7(11)12)9-8(13)15-2/h5H,3-4H2,1-2H3,(H,9,13)(H,11,12)/t5-/m0/s1. The van der Waals surface area contributed by atoms with Gasteiger partial charge in [-0.05, 0) is 6.42 Å². The van der Waals surface area contributed by atoms with Crippen LogP contribution < -0.4 is 5.32 Å². The smallest absolute Gasteiger partial charge is 0.407 e. The van der Waals surface area contributed by atoms with Gasteiger partial charge in [0.15, 0.2) is 0 Å². The number of hydrogen-bond acceptors (Lipinski definition) is 5. The highest BCUT2D eigenvalue weighted by atomic mass is 16.5. The van der Waals surface area contributed by atoms with Gasteiger partial charge in [0.2, 0.25) is 0 Å². The van der Waals surface area contributed by atoms with Crippen molar-refractivity contribution in [1.82, 2.24) is 5.32 Å². The third kappa shape index (κ3) is 5.50. The van der Waals surface area contributed by atoms with Crippen LogP contribution in [0.3, 0.4) is 0 Å². The number of rotatable bonds is 5. The van der Waals surface area contributed by atoms with Crippen molar-refractivity contribution in [3.63, 3.8) is 0 Å².